The predicted octanol–water partition coefficient (Wildman–Crippen LogP) is 2.16. The van der Waals surface area contributed by atoms with Gasteiger partial charge in [0.1, 0.15) is 18.2 Å². The molecule has 0 unspecified atom stereocenters. The molecule has 0 radical (unpaired) electrons. The van der Waals surface area contributed by atoms with Crippen molar-refractivity contribution in [2.75, 3.05) is 6.61 Å². The number of hydrogen-bond acceptors (Lipinski definition) is 2. The molecule has 76 valence electrons. The first-order valence-electron chi connectivity index (χ1n) is 4.10. The Morgan fingerprint density at radius 2 is 2.14 bits per heavy atom. The summed E-state index contributed by atoms with van der Waals surface area (Å²) in [5.74, 6) is -1.04. The summed E-state index contributed by atoms with van der Waals surface area (Å²) < 4.78 is 42.9. The number of hydrogen-bond donors (Lipinski definition) is 1. The van der Waals surface area contributed by atoms with Crippen molar-refractivity contribution in [1.82, 2.24) is 0 Å². The normalized spacial score (nSPS) is 19.6. The summed E-state index contributed by atoms with van der Waals surface area (Å²) >= 11 is 0. The van der Waals surface area contributed by atoms with E-state index >= 15 is 0 Å². The van der Waals surface area contributed by atoms with Gasteiger partial charge in [-0.2, -0.15) is 0 Å². The standard InChI is InChI=1S/C9H8F3NO/c10-5-2-1-4-6(13)3-14-8(4)7(5)9(11)12/h1-2,6,9H,3,13H2/t6-/m1/s1. The molecule has 1 aliphatic rings. The molecule has 0 aromatic heterocycles. The molecule has 14 heavy (non-hydrogen) atoms. The van der Waals surface area contributed by atoms with Crippen molar-refractivity contribution in [3.05, 3.63) is 29.1 Å². The van der Waals surface area contributed by atoms with Crippen LogP contribution in [0.15, 0.2) is 12.1 Å². The Bertz CT molecular complexity index is 367. The van der Waals surface area contributed by atoms with Gasteiger partial charge in [0.2, 0.25) is 0 Å². The quantitative estimate of drug-likeness (QED) is 0.759. The van der Waals surface area contributed by atoms with Gasteiger partial charge in [-0.1, -0.05) is 6.07 Å². The van der Waals surface area contributed by atoms with E-state index in [4.69, 9.17) is 10.5 Å². The monoisotopic (exact) mass is 203 g/mol. The Balaban J connectivity index is 2.59. The van der Waals surface area contributed by atoms with Crippen LogP contribution in [0.3, 0.4) is 0 Å². The van der Waals surface area contributed by atoms with Crippen LogP contribution in [0, 0.1) is 5.82 Å². The molecule has 0 spiro atoms. The van der Waals surface area contributed by atoms with E-state index in [9.17, 15) is 13.2 Å². The summed E-state index contributed by atoms with van der Waals surface area (Å²) in [5.41, 5.74) is 5.33. The minimum atomic E-state index is -2.88. The van der Waals surface area contributed by atoms with Crippen molar-refractivity contribution in [1.29, 1.82) is 0 Å². The van der Waals surface area contributed by atoms with E-state index in [-0.39, 0.29) is 12.4 Å². The SMILES string of the molecule is N[C@@H]1COc2c1ccc(F)c2C(F)F. The van der Waals surface area contributed by atoms with E-state index in [0.29, 0.717) is 5.56 Å². The van der Waals surface area contributed by atoms with Gasteiger partial charge >= 0.3 is 0 Å². The molecule has 2 nitrogen and oxygen atoms in total. The topological polar surface area (TPSA) is 35.2 Å². The molecule has 5 heteroatoms. The maximum atomic E-state index is 13.0. The van der Waals surface area contributed by atoms with Crippen LogP contribution in [-0.4, -0.2) is 6.61 Å². The Hall–Kier alpha value is -1.23. The molecule has 1 aromatic carbocycles. The molecule has 0 bridgehead atoms. The number of nitrogens with two attached hydrogens (primary N) is 1. The predicted molar refractivity (Wildman–Crippen MR) is 43.8 cm³/mol. The minimum absolute atomic E-state index is 0.0903. The van der Waals surface area contributed by atoms with Crippen LogP contribution < -0.4 is 10.5 Å². The summed E-state index contributed by atoms with van der Waals surface area (Å²) in [6.45, 7) is 0.124. The van der Waals surface area contributed by atoms with Gasteiger partial charge in [0, 0.05) is 5.56 Å². The van der Waals surface area contributed by atoms with Gasteiger partial charge < -0.3 is 10.5 Å². The third-order valence-electron chi connectivity index (χ3n) is 2.20. The molecule has 1 heterocycles. The second-order valence-electron chi connectivity index (χ2n) is 3.10. The highest BCUT2D eigenvalue weighted by Gasteiger charge is 2.29. The lowest BCUT2D eigenvalue weighted by atomic mass is 10.1. The Morgan fingerprint density at radius 3 is 2.79 bits per heavy atom. The van der Waals surface area contributed by atoms with Crippen LogP contribution in [0.5, 0.6) is 5.75 Å². The lowest BCUT2D eigenvalue weighted by Gasteiger charge is -2.07. The molecule has 0 amide bonds. The fraction of sp³-hybridized carbons (Fsp3) is 0.333. The lowest BCUT2D eigenvalue weighted by Crippen LogP contribution is -2.10. The molecule has 2 rings (SSSR count). The first-order chi connectivity index (χ1) is 6.61. The highest BCUT2D eigenvalue weighted by Crippen LogP contribution is 2.40. The molecule has 0 saturated heterocycles. The average molecular weight is 203 g/mol. The van der Waals surface area contributed by atoms with Crippen LogP contribution in [0.25, 0.3) is 0 Å². The minimum Gasteiger partial charge on any atom is -0.491 e. The largest absolute Gasteiger partial charge is 0.491 e. The highest BCUT2D eigenvalue weighted by atomic mass is 19.3. The number of halogens is 3. The molecule has 0 saturated carbocycles. The number of alkyl halides is 2. The van der Waals surface area contributed by atoms with Gasteiger partial charge in [-0.25, -0.2) is 13.2 Å². The van der Waals surface area contributed by atoms with E-state index in [1.807, 2.05) is 0 Å². The average Bonchev–Trinajstić information content (AvgIpc) is 2.47. The number of fused-ring (bicyclic) bond motifs is 1. The molecule has 1 aliphatic heterocycles. The fourth-order valence-corrected chi connectivity index (χ4v) is 1.51. The fourth-order valence-electron chi connectivity index (χ4n) is 1.51. The van der Waals surface area contributed by atoms with E-state index in [1.54, 1.807) is 0 Å². The maximum Gasteiger partial charge on any atom is 0.270 e. The van der Waals surface area contributed by atoms with Crippen molar-refractivity contribution in [3.8, 4) is 5.75 Å². The van der Waals surface area contributed by atoms with Gasteiger partial charge in [-0.15, -0.1) is 0 Å². The van der Waals surface area contributed by atoms with E-state index in [1.165, 1.54) is 6.07 Å². The van der Waals surface area contributed by atoms with Gasteiger partial charge in [0.25, 0.3) is 6.43 Å². The number of benzene rings is 1. The van der Waals surface area contributed by atoms with Crippen LogP contribution in [-0.2, 0) is 0 Å². The third-order valence-corrected chi connectivity index (χ3v) is 2.20. The first kappa shape index (κ1) is 9.33. The second-order valence-corrected chi connectivity index (χ2v) is 3.10. The first-order valence-corrected chi connectivity index (χ1v) is 4.10. The van der Waals surface area contributed by atoms with Crippen molar-refractivity contribution in [3.63, 3.8) is 0 Å². The van der Waals surface area contributed by atoms with Gasteiger partial charge in [-0.05, 0) is 6.07 Å². The Kier molecular flexibility index (Phi) is 2.11. The highest BCUT2D eigenvalue weighted by molar-refractivity contribution is 5.47. The Morgan fingerprint density at radius 1 is 1.43 bits per heavy atom. The van der Waals surface area contributed by atoms with Crippen molar-refractivity contribution >= 4 is 0 Å². The molecule has 0 fully saturated rings. The summed E-state index contributed by atoms with van der Waals surface area (Å²) in [6, 6.07) is 1.94. The molecule has 2 N–H and O–H groups in total. The smallest absolute Gasteiger partial charge is 0.270 e. The third kappa shape index (κ3) is 1.24. The summed E-state index contributed by atoms with van der Waals surface area (Å²) in [6.07, 6.45) is -2.88. The van der Waals surface area contributed by atoms with Gasteiger partial charge in [0.05, 0.1) is 11.6 Å². The van der Waals surface area contributed by atoms with E-state index in [0.717, 1.165) is 6.07 Å². The van der Waals surface area contributed by atoms with Crippen LogP contribution >= 0.6 is 0 Å². The molecular weight excluding hydrogens is 195 g/mol. The summed E-state index contributed by atoms with van der Waals surface area (Å²) in [5, 5.41) is 0. The van der Waals surface area contributed by atoms with Gasteiger partial charge in [0.15, 0.2) is 0 Å². The zero-order valence-electron chi connectivity index (χ0n) is 7.14. The second kappa shape index (κ2) is 3.16. The van der Waals surface area contributed by atoms with Gasteiger partial charge in [-0.3, -0.25) is 0 Å². The van der Waals surface area contributed by atoms with Crippen molar-refractivity contribution < 1.29 is 17.9 Å². The molecular formula is C9H8F3NO. The molecule has 0 aliphatic carbocycles. The van der Waals surface area contributed by atoms with Crippen LogP contribution in [0.2, 0.25) is 0 Å². The lowest BCUT2D eigenvalue weighted by molar-refractivity contribution is 0.141. The zero-order valence-corrected chi connectivity index (χ0v) is 7.14. The number of ether oxygens (including phenoxy) is 1. The zero-order chi connectivity index (χ0) is 10.3. The van der Waals surface area contributed by atoms with Crippen LogP contribution in [0.4, 0.5) is 13.2 Å². The van der Waals surface area contributed by atoms with Crippen LogP contribution in [0.1, 0.15) is 23.6 Å². The van der Waals surface area contributed by atoms with E-state index in [2.05, 4.69) is 0 Å². The summed E-state index contributed by atoms with van der Waals surface area (Å²) in [4.78, 5) is 0. The number of rotatable bonds is 1. The van der Waals surface area contributed by atoms with Crippen molar-refractivity contribution in [2.45, 2.75) is 12.5 Å². The molecule has 1 aromatic rings. The Labute approximate surface area is 78.5 Å². The van der Waals surface area contributed by atoms with E-state index < -0.39 is 23.8 Å². The molecule has 1 atom stereocenters. The maximum absolute atomic E-state index is 13.0. The summed E-state index contributed by atoms with van der Waals surface area (Å²) in [7, 11) is 0. The van der Waals surface area contributed by atoms with Crippen molar-refractivity contribution in [2.24, 2.45) is 5.73 Å².